The van der Waals surface area contributed by atoms with Crippen molar-refractivity contribution in [2.45, 2.75) is 6.92 Å². The molecule has 0 saturated heterocycles. The molecule has 0 saturated carbocycles. The zero-order valence-electron chi connectivity index (χ0n) is 8.71. The van der Waals surface area contributed by atoms with E-state index < -0.39 is 0 Å². The number of thioether (sulfide) groups is 1. The number of nitriles is 1. The highest BCUT2D eigenvalue weighted by Gasteiger charge is 2.06. The van der Waals surface area contributed by atoms with Gasteiger partial charge in [0.2, 0.25) is 0 Å². The van der Waals surface area contributed by atoms with Crippen molar-refractivity contribution in [1.82, 2.24) is 5.32 Å². The molecule has 0 aliphatic heterocycles. The quantitative estimate of drug-likeness (QED) is 0.356. The Labute approximate surface area is 116 Å². The van der Waals surface area contributed by atoms with Crippen molar-refractivity contribution in [2.24, 2.45) is 4.99 Å². The van der Waals surface area contributed by atoms with Crippen LogP contribution < -0.4 is 5.32 Å². The fraction of sp³-hybridized carbons (Fsp3) is 0.200. The lowest BCUT2D eigenvalue weighted by atomic mass is 10.2. The number of amidine groups is 1. The molecule has 0 aromatic heterocycles. The predicted molar refractivity (Wildman–Crippen MR) is 75.9 cm³/mol. The van der Waals surface area contributed by atoms with Crippen molar-refractivity contribution in [3.05, 3.63) is 26.6 Å². The summed E-state index contributed by atoms with van der Waals surface area (Å²) in [5.41, 5.74) is 1.86. The van der Waals surface area contributed by atoms with Crippen molar-refractivity contribution in [3.63, 3.8) is 0 Å². The number of halogens is 2. The van der Waals surface area contributed by atoms with E-state index in [4.69, 9.17) is 5.26 Å². The average Bonchev–Trinajstić information content (AvgIpc) is 2.21. The number of nitrogens with zero attached hydrogens (tertiary/aromatic N) is 2. The monoisotopic (exact) mass is 361 g/mol. The molecule has 0 heterocycles. The molecule has 3 nitrogen and oxygen atoms in total. The second-order valence-electron chi connectivity index (χ2n) is 2.91. The van der Waals surface area contributed by atoms with Crippen LogP contribution in [0.25, 0.3) is 0 Å². The molecule has 6 heteroatoms. The molecule has 0 bridgehead atoms. The Morgan fingerprint density at radius 3 is 2.69 bits per heavy atom. The molecule has 1 N–H and O–H groups in total. The van der Waals surface area contributed by atoms with E-state index in [1.807, 2.05) is 31.5 Å². The Balaban J connectivity index is 3.19. The van der Waals surface area contributed by atoms with Gasteiger partial charge in [0.1, 0.15) is 0 Å². The van der Waals surface area contributed by atoms with E-state index in [2.05, 4.69) is 42.2 Å². The van der Waals surface area contributed by atoms with E-state index in [-0.39, 0.29) is 0 Å². The smallest absolute Gasteiger partial charge is 0.183 e. The molecule has 0 aliphatic carbocycles. The van der Waals surface area contributed by atoms with Gasteiger partial charge in [-0.05, 0) is 46.8 Å². The molecule has 0 radical (unpaired) electrons. The third-order valence-electron chi connectivity index (χ3n) is 1.79. The van der Waals surface area contributed by atoms with Gasteiger partial charge in [0.05, 0.1) is 5.69 Å². The van der Waals surface area contributed by atoms with E-state index in [0.717, 1.165) is 20.2 Å². The molecule has 84 valence electrons. The first-order valence-corrected chi connectivity index (χ1v) is 7.13. The van der Waals surface area contributed by atoms with Gasteiger partial charge >= 0.3 is 0 Å². The number of benzene rings is 1. The second-order valence-corrected chi connectivity index (χ2v) is 5.48. The van der Waals surface area contributed by atoms with Crippen LogP contribution in [-0.4, -0.2) is 11.4 Å². The van der Waals surface area contributed by atoms with Crippen LogP contribution in [0.5, 0.6) is 0 Å². The van der Waals surface area contributed by atoms with Crippen LogP contribution in [-0.2, 0) is 0 Å². The number of aryl methyl sites for hydroxylation is 1. The molecule has 0 unspecified atom stereocenters. The van der Waals surface area contributed by atoms with Crippen LogP contribution in [0.4, 0.5) is 5.69 Å². The lowest BCUT2D eigenvalue weighted by molar-refractivity contribution is 1.26. The van der Waals surface area contributed by atoms with Gasteiger partial charge < -0.3 is 0 Å². The first kappa shape index (κ1) is 13.6. The van der Waals surface area contributed by atoms with Crippen molar-refractivity contribution >= 4 is 54.5 Å². The molecule has 1 rings (SSSR count). The maximum Gasteiger partial charge on any atom is 0.183 e. The van der Waals surface area contributed by atoms with Gasteiger partial charge in [0, 0.05) is 8.95 Å². The number of hydrogen-bond acceptors (Lipinski definition) is 3. The summed E-state index contributed by atoms with van der Waals surface area (Å²) in [5.74, 6) is 0. The van der Waals surface area contributed by atoms with Crippen molar-refractivity contribution in [3.8, 4) is 6.19 Å². The topological polar surface area (TPSA) is 48.2 Å². The van der Waals surface area contributed by atoms with Crippen LogP contribution in [0.1, 0.15) is 5.56 Å². The number of rotatable bonds is 1. The Morgan fingerprint density at radius 2 is 2.19 bits per heavy atom. The number of aliphatic imine (C=N–C) groups is 1. The van der Waals surface area contributed by atoms with Crippen LogP contribution in [0.2, 0.25) is 0 Å². The van der Waals surface area contributed by atoms with Gasteiger partial charge in [0.15, 0.2) is 11.4 Å². The molecule has 0 fully saturated rings. The molecule has 16 heavy (non-hydrogen) atoms. The van der Waals surface area contributed by atoms with Crippen molar-refractivity contribution in [1.29, 1.82) is 5.26 Å². The minimum absolute atomic E-state index is 0.577. The van der Waals surface area contributed by atoms with E-state index in [1.54, 1.807) is 0 Å². The van der Waals surface area contributed by atoms with E-state index in [1.165, 1.54) is 11.8 Å². The summed E-state index contributed by atoms with van der Waals surface area (Å²) in [5, 5.41) is 11.7. The number of hydrogen-bond donors (Lipinski definition) is 1. The first-order chi connectivity index (χ1) is 7.58. The zero-order valence-corrected chi connectivity index (χ0v) is 12.7. The Kier molecular flexibility index (Phi) is 5.32. The fourth-order valence-corrected chi connectivity index (χ4v) is 2.97. The number of nitrogens with one attached hydrogen (secondary N) is 1. The Hall–Kier alpha value is -0.510. The van der Waals surface area contributed by atoms with E-state index >= 15 is 0 Å². The summed E-state index contributed by atoms with van der Waals surface area (Å²) in [4.78, 5) is 4.39. The minimum Gasteiger partial charge on any atom is -0.271 e. The third kappa shape index (κ3) is 3.51. The van der Waals surface area contributed by atoms with Crippen LogP contribution in [0, 0.1) is 18.4 Å². The van der Waals surface area contributed by atoms with Crippen LogP contribution in [0.15, 0.2) is 26.1 Å². The lowest BCUT2D eigenvalue weighted by Gasteiger charge is -2.06. The Bertz CT molecular complexity index is 443. The molecule has 0 amide bonds. The summed E-state index contributed by atoms with van der Waals surface area (Å²) in [6.45, 7) is 1.97. The normalized spacial score (nSPS) is 11.1. The van der Waals surface area contributed by atoms with Gasteiger partial charge in [-0.15, -0.1) is 0 Å². The molecular formula is C10H9Br2N3S. The van der Waals surface area contributed by atoms with Crippen LogP contribution in [0.3, 0.4) is 0 Å². The van der Waals surface area contributed by atoms with Gasteiger partial charge in [-0.3, -0.25) is 5.32 Å². The fourth-order valence-electron chi connectivity index (χ4n) is 1.11. The second kappa shape index (κ2) is 6.28. The molecular weight excluding hydrogens is 354 g/mol. The van der Waals surface area contributed by atoms with E-state index in [9.17, 15) is 0 Å². The first-order valence-electron chi connectivity index (χ1n) is 4.32. The predicted octanol–water partition coefficient (Wildman–Crippen LogP) is 3.94. The third-order valence-corrected chi connectivity index (χ3v) is 3.43. The summed E-state index contributed by atoms with van der Waals surface area (Å²) in [7, 11) is 0. The molecule has 0 aliphatic rings. The zero-order chi connectivity index (χ0) is 12.1. The maximum absolute atomic E-state index is 8.55. The van der Waals surface area contributed by atoms with Crippen molar-refractivity contribution < 1.29 is 0 Å². The van der Waals surface area contributed by atoms with Gasteiger partial charge in [-0.25, -0.2) is 4.99 Å². The standard InChI is InChI=1S/C10H9Br2N3S/c1-6-3-7(11)4-8(12)9(6)15-10(16-2)14-5-13/h3-4H,1-2H3,(H,14,15). The molecule has 1 aromatic carbocycles. The van der Waals surface area contributed by atoms with E-state index in [0.29, 0.717) is 5.17 Å². The molecule has 0 spiro atoms. The molecule has 1 aromatic rings. The summed E-state index contributed by atoms with van der Waals surface area (Å²) in [6, 6.07) is 3.91. The largest absolute Gasteiger partial charge is 0.271 e. The van der Waals surface area contributed by atoms with Crippen molar-refractivity contribution in [2.75, 3.05) is 6.26 Å². The van der Waals surface area contributed by atoms with Gasteiger partial charge in [-0.1, -0.05) is 27.7 Å². The SMILES string of the molecule is CSC(=Nc1c(C)cc(Br)cc1Br)NC#N. The average molecular weight is 363 g/mol. The van der Waals surface area contributed by atoms with Crippen LogP contribution >= 0.6 is 43.6 Å². The molecule has 0 atom stereocenters. The highest BCUT2D eigenvalue weighted by Crippen LogP contribution is 2.33. The van der Waals surface area contributed by atoms with Gasteiger partial charge in [0.25, 0.3) is 0 Å². The Morgan fingerprint density at radius 1 is 1.50 bits per heavy atom. The summed E-state index contributed by atoms with van der Waals surface area (Å²) >= 11 is 8.25. The highest BCUT2D eigenvalue weighted by molar-refractivity contribution is 9.11. The minimum atomic E-state index is 0.577. The summed E-state index contributed by atoms with van der Waals surface area (Å²) < 4.78 is 1.89. The summed E-state index contributed by atoms with van der Waals surface area (Å²) in [6.07, 6.45) is 3.73. The van der Waals surface area contributed by atoms with Gasteiger partial charge in [-0.2, -0.15) is 5.26 Å². The lowest BCUT2D eigenvalue weighted by Crippen LogP contribution is -2.12. The highest BCUT2D eigenvalue weighted by atomic mass is 79.9. The maximum atomic E-state index is 8.55.